The highest BCUT2D eigenvalue weighted by molar-refractivity contribution is 9.10. The number of halogens is 1. The fourth-order valence-corrected chi connectivity index (χ4v) is 3.57. The standard InChI is InChI=1S/C14H20BrN3/c15-12-3-4-13(17-9-12)18-8-2-6-14(11-18)5-1-7-16-10-14/h3-4,9,16H,1-2,5-8,10-11H2. The summed E-state index contributed by atoms with van der Waals surface area (Å²) in [5, 5.41) is 3.57. The van der Waals surface area contributed by atoms with Crippen molar-refractivity contribution in [2.24, 2.45) is 5.41 Å². The van der Waals surface area contributed by atoms with Gasteiger partial charge in [-0.2, -0.15) is 0 Å². The van der Waals surface area contributed by atoms with Gasteiger partial charge in [-0.05, 0) is 60.3 Å². The second kappa shape index (κ2) is 5.17. The van der Waals surface area contributed by atoms with E-state index in [1.54, 1.807) is 0 Å². The second-order valence-corrected chi connectivity index (χ2v) is 6.56. The van der Waals surface area contributed by atoms with Crippen molar-refractivity contribution in [1.82, 2.24) is 10.3 Å². The first-order valence-corrected chi connectivity index (χ1v) is 7.64. The SMILES string of the molecule is Brc1ccc(N2CCCC3(CCCNC3)C2)nc1. The summed E-state index contributed by atoms with van der Waals surface area (Å²) in [7, 11) is 0. The summed E-state index contributed by atoms with van der Waals surface area (Å²) in [6.45, 7) is 4.68. The van der Waals surface area contributed by atoms with Crippen LogP contribution in [0.3, 0.4) is 0 Å². The van der Waals surface area contributed by atoms with Crippen LogP contribution in [0.15, 0.2) is 22.8 Å². The van der Waals surface area contributed by atoms with E-state index in [2.05, 4.69) is 43.3 Å². The molecule has 1 N–H and O–H groups in total. The van der Waals surface area contributed by atoms with Crippen molar-refractivity contribution in [2.45, 2.75) is 25.7 Å². The van der Waals surface area contributed by atoms with Gasteiger partial charge in [0.25, 0.3) is 0 Å². The highest BCUT2D eigenvalue weighted by Crippen LogP contribution is 2.37. The van der Waals surface area contributed by atoms with Gasteiger partial charge in [-0.25, -0.2) is 4.98 Å². The van der Waals surface area contributed by atoms with Gasteiger partial charge in [0, 0.05) is 35.7 Å². The largest absolute Gasteiger partial charge is 0.356 e. The Balaban J connectivity index is 1.75. The van der Waals surface area contributed by atoms with Crippen LogP contribution >= 0.6 is 15.9 Å². The van der Waals surface area contributed by atoms with Crippen LogP contribution in [-0.2, 0) is 0 Å². The number of nitrogens with zero attached hydrogens (tertiary/aromatic N) is 2. The van der Waals surface area contributed by atoms with Gasteiger partial charge < -0.3 is 10.2 Å². The highest BCUT2D eigenvalue weighted by Gasteiger charge is 2.36. The molecule has 18 heavy (non-hydrogen) atoms. The Bertz CT molecular complexity index is 392. The molecule has 1 atom stereocenters. The Morgan fingerprint density at radius 3 is 2.89 bits per heavy atom. The van der Waals surface area contributed by atoms with Gasteiger partial charge in [0.1, 0.15) is 5.82 Å². The van der Waals surface area contributed by atoms with Gasteiger partial charge in [-0.15, -0.1) is 0 Å². The highest BCUT2D eigenvalue weighted by atomic mass is 79.9. The summed E-state index contributed by atoms with van der Waals surface area (Å²) in [6, 6.07) is 4.21. The maximum absolute atomic E-state index is 4.54. The van der Waals surface area contributed by atoms with Crippen LogP contribution in [0.1, 0.15) is 25.7 Å². The van der Waals surface area contributed by atoms with Gasteiger partial charge in [0.15, 0.2) is 0 Å². The minimum Gasteiger partial charge on any atom is -0.356 e. The third kappa shape index (κ3) is 2.54. The lowest BCUT2D eigenvalue weighted by atomic mass is 9.74. The molecule has 1 spiro atoms. The van der Waals surface area contributed by atoms with Gasteiger partial charge in [-0.1, -0.05) is 0 Å². The van der Waals surface area contributed by atoms with Crippen LogP contribution in [0.5, 0.6) is 0 Å². The molecular formula is C14H20BrN3. The molecule has 2 saturated heterocycles. The number of piperidine rings is 2. The smallest absolute Gasteiger partial charge is 0.128 e. The van der Waals surface area contributed by atoms with Crippen molar-refractivity contribution in [3.05, 3.63) is 22.8 Å². The summed E-state index contributed by atoms with van der Waals surface area (Å²) in [5.74, 6) is 1.13. The fraction of sp³-hybridized carbons (Fsp3) is 0.643. The van der Waals surface area contributed by atoms with E-state index in [0.29, 0.717) is 5.41 Å². The van der Waals surface area contributed by atoms with Crippen molar-refractivity contribution in [3.63, 3.8) is 0 Å². The fourth-order valence-electron chi connectivity index (χ4n) is 3.34. The molecule has 2 aliphatic heterocycles. The Kier molecular flexibility index (Phi) is 3.57. The zero-order chi connectivity index (χ0) is 12.4. The molecule has 0 aromatic carbocycles. The minimum atomic E-state index is 0.491. The van der Waals surface area contributed by atoms with Gasteiger partial charge >= 0.3 is 0 Å². The number of hydrogen-bond acceptors (Lipinski definition) is 3. The van der Waals surface area contributed by atoms with E-state index in [0.717, 1.165) is 23.4 Å². The average molecular weight is 310 g/mol. The van der Waals surface area contributed by atoms with Crippen LogP contribution in [-0.4, -0.2) is 31.2 Å². The lowest BCUT2D eigenvalue weighted by Gasteiger charge is -2.45. The Hall–Kier alpha value is -0.610. The van der Waals surface area contributed by atoms with Crippen molar-refractivity contribution >= 4 is 21.7 Å². The Morgan fingerprint density at radius 2 is 2.17 bits per heavy atom. The molecule has 0 radical (unpaired) electrons. The third-order valence-corrected chi connectivity index (χ3v) is 4.73. The topological polar surface area (TPSA) is 28.2 Å². The normalized spacial score (nSPS) is 28.6. The van der Waals surface area contributed by atoms with Crippen molar-refractivity contribution in [2.75, 3.05) is 31.1 Å². The van der Waals surface area contributed by atoms with Crippen molar-refractivity contribution in [1.29, 1.82) is 0 Å². The number of anilines is 1. The Morgan fingerprint density at radius 1 is 1.28 bits per heavy atom. The number of nitrogens with one attached hydrogen (secondary N) is 1. The Labute approximate surface area is 117 Å². The maximum atomic E-state index is 4.54. The molecule has 3 rings (SSSR count). The van der Waals surface area contributed by atoms with Gasteiger partial charge in [0.2, 0.25) is 0 Å². The van der Waals surface area contributed by atoms with Crippen molar-refractivity contribution in [3.8, 4) is 0 Å². The van der Waals surface area contributed by atoms with E-state index < -0.39 is 0 Å². The lowest BCUT2D eigenvalue weighted by Crippen LogP contribution is -2.51. The van der Waals surface area contributed by atoms with Crippen LogP contribution < -0.4 is 10.2 Å². The quantitative estimate of drug-likeness (QED) is 0.864. The predicted molar refractivity (Wildman–Crippen MR) is 77.9 cm³/mol. The molecule has 0 aliphatic carbocycles. The molecule has 1 aromatic heterocycles. The maximum Gasteiger partial charge on any atom is 0.128 e. The first-order valence-electron chi connectivity index (χ1n) is 6.85. The van der Waals surface area contributed by atoms with Gasteiger partial charge in [0.05, 0.1) is 0 Å². The molecule has 0 amide bonds. The monoisotopic (exact) mass is 309 g/mol. The minimum absolute atomic E-state index is 0.491. The first kappa shape index (κ1) is 12.4. The molecule has 2 fully saturated rings. The summed E-state index contributed by atoms with van der Waals surface area (Å²) in [6.07, 6.45) is 7.25. The van der Waals surface area contributed by atoms with E-state index in [1.807, 2.05) is 6.20 Å². The van der Waals surface area contributed by atoms with Crippen LogP contribution in [0.4, 0.5) is 5.82 Å². The van der Waals surface area contributed by atoms with E-state index in [-0.39, 0.29) is 0 Å². The average Bonchev–Trinajstić information content (AvgIpc) is 2.40. The zero-order valence-electron chi connectivity index (χ0n) is 10.7. The first-order chi connectivity index (χ1) is 8.77. The van der Waals surface area contributed by atoms with Gasteiger partial charge in [-0.3, -0.25) is 0 Å². The molecule has 1 unspecified atom stereocenters. The number of rotatable bonds is 1. The molecule has 98 valence electrons. The molecule has 4 heteroatoms. The van der Waals surface area contributed by atoms with E-state index >= 15 is 0 Å². The summed E-state index contributed by atoms with van der Waals surface area (Å²) < 4.78 is 1.05. The summed E-state index contributed by atoms with van der Waals surface area (Å²) >= 11 is 3.45. The zero-order valence-corrected chi connectivity index (χ0v) is 12.2. The molecular weight excluding hydrogens is 290 g/mol. The second-order valence-electron chi connectivity index (χ2n) is 5.64. The summed E-state index contributed by atoms with van der Waals surface area (Å²) in [4.78, 5) is 7.00. The molecule has 3 nitrogen and oxygen atoms in total. The summed E-state index contributed by atoms with van der Waals surface area (Å²) in [5.41, 5.74) is 0.491. The van der Waals surface area contributed by atoms with Crippen LogP contribution in [0.2, 0.25) is 0 Å². The number of aromatic nitrogens is 1. The van der Waals surface area contributed by atoms with E-state index in [1.165, 1.54) is 38.8 Å². The predicted octanol–water partition coefficient (Wildman–Crippen LogP) is 2.81. The molecule has 3 heterocycles. The third-order valence-electron chi connectivity index (χ3n) is 4.26. The molecule has 2 aliphatic rings. The number of pyridine rings is 1. The molecule has 0 bridgehead atoms. The van der Waals surface area contributed by atoms with Crippen LogP contribution in [0, 0.1) is 5.41 Å². The molecule has 1 aromatic rings. The van der Waals surface area contributed by atoms with Crippen LogP contribution in [0.25, 0.3) is 0 Å². The van der Waals surface area contributed by atoms with Crippen molar-refractivity contribution < 1.29 is 0 Å². The molecule has 0 saturated carbocycles. The lowest BCUT2D eigenvalue weighted by molar-refractivity contribution is 0.173. The number of hydrogen-bond donors (Lipinski definition) is 1. The van der Waals surface area contributed by atoms with E-state index in [4.69, 9.17) is 0 Å². The van der Waals surface area contributed by atoms with E-state index in [9.17, 15) is 0 Å².